The number of sulfonamides is 2. The van der Waals surface area contributed by atoms with Crippen LogP contribution in [0.25, 0.3) is 0 Å². The topological polar surface area (TPSA) is 102 Å². The van der Waals surface area contributed by atoms with E-state index in [1.807, 2.05) is 6.07 Å². The Morgan fingerprint density at radius 3 is 2.19 bits per heavy atom. The predicted molar refractivity (Wildman–Crippen MR) is 124 cm³/mol. The minimum atomic E-state index is -3.97. The molecule has 0 aromatic heterocycles. The first kappa shape index (κ1) is 22.2. The van der Waals surface area contributed by atoms with Crippen LogP contribution in [0.4, 0.5) is 11.4 Å². The summed E-state index contributed by atoms with van der Waals surface area (Å²) in [6.45, 7) is 0. The highest BCUT2D eigenvalue weighted by Crippen LogP contribution is 2.28. The van der Waals surface area contributed by atoms with Gasteiger partial charge in [0.15, 0.2) is 0 Å². The first-order chi connectivity index (χ1) is 15.3. The molecule has 3 aromatic rings. The number of hydrogen-bond acceptors (Lipinski definition) is 5. The van der Waals surface area contributed by atoms with Crippen molar-refractivity contribution < 1.29 is 21.6 Å². The number of para-hydroxylation sites is 2. The molecule has 0 fully saturated rings. The van der Waals surface area contributed by atoms with E-state index in [0.717, 1.165) is 31.2 Å². The average molecular weight is 473 g/mol. The average Bonchev–Trinajstić information content (AvgIpc) is 2.79. The minimum absolute atomic E-state index is 0.0750. The van der Waals surface area contributed by atoms with Crippen LogP contribution in [0.3, 0.4) is 0 Å². The maximum atomic E-state index is 12.9. The van der Waals surface area contributed by atoms with Crippen LogP contribution in [-0.4, -0.2) is 23.9 Å². The van der Waals surface area contributed by atoms with Crippen LogP contribution in [0.15, 0.2) is 76.5 Å². The molecular weight excluding hydrogens is 448 g/mol. The van der Waals surface area contributed by atoms with Gasteiger partial charge in [-0.25, -0.2) is 16.8 Å². The third kappa shape index (κ3) is 4.73. The molecule has 0 unspecified atom stereocenters. The minimum Gasteiger partial charge on any atom is -0.495 e. The largest absolute Gasteiger partial charge is 0.495 e. The smallest absolute Gasteiger partial charge is 0.262 e. The Bertz CT molecular complexity index is 1350. The lowest BCUT2D eigenvalue weighted by Crippen LogP contribution is -2.16. The molecule has 1 aliphatic rings. The normalized spacial score (nSPS) is 13.8. The Morgan fingerprint density at radius 2 is 1.41 bits per heavy atom. The van der Waals surface area contributed by atoms with Crippen LogP contribution >= 0.6 is 0 Å². The predicted octanol–water partition coefficient (Wildman–Crippen LogP) is 4.18. The molecule has 0 amide bonds. The van der Waals surface area contributed by atoms with Gasteiger partial charge >= 0.3 is 0 Å². The summed E-state index contributed by atoms with van der Waals surface area (Å²) in [4.78, 5) is 0.0904. The third-order valence-electron chi connectivity index (χ3n) is 5.38. The fourth-order valence-electron chi connectivity index (χ4n) is 3.75. The summed E-state index contributed by atoms with van der Waals surface area (Å²) in [5.74, 6) is 0.375. The molecule has 0 heterocycles. The molecular formula is C23H24N2O5S2. The summed E-state index contributed by atoms with van der Waals surface area (Å²) in [5.41, 5.74) is 2.68. The SMILES string of the molecule is COc1ccccc1NS(=O)(=O)c1cccc(NS(=O)(=O)c2ccc3c(c2)CCCC3)c1. The maximum absolute atomic E-state index is 12.9. The molecule has 3 aromatic carbocycles. The second-order valence-corrected chi connectivity index (χ2v) is 10.9. The Kier molecular flexibility index (Phi) is 6.12. The van der Waals surface area contributed by atoms with Gasteiger partial charge in [-0.15, -0.1) is 0 Å². The maximum Gasteiger partial charge on any atom is 0.262 e. The fourth-order valence-corrected chi connectivity index (χ4v) is 5.97. The molecule has 1 aliphatic carbocycles. The number of nitrogens with one attached hydrogen (secondary N) is 2. The van der Waals surface area contributed by atoms with Crippen LogP contribution in [-0.2, 0) is 32.9 Å². The Hall–Kier alpha value is -3.04. The van der Waals surface area contributed by atoms with E-state index in [-0.39, 0.29) is 21.2 Å². The lowest BCUT2D eigenvalue weighted by Gasteiger charge is -2.17. The number of aryl methyl sites for hydroxylation is 2. The van der Waals surface area contributed by atoms with E-state index in [1.54, 1.807) is 36.4 Å². The number of benzene rings is 3. The van der Waals surface area contributed by atoms with Crippen molar-refractivity contribution in [2.75, 3.05) is 16.6 Å². The molecule has 4 rings (SSSR count). The summed E-state index contributed by atoms with van der Waals surface area (Å²) >= 11 is 0. The molecule has 9 heteroatoms. The molecule has 168 valence electrons. The van der Waals surface area contributed by atoms with Crippen molar-refractivity contribution in [3.63, 3.8) is 0 Å². The highest BCUT2D eigenvalue weighted by molar-refractivity contribution is 7.93. The lowest BCUT2D eigenvalue weighted by molar-refractivity contribution is 0.417. The molecule has 32 heavy (non-hydrogen) atoms. The van der Waals surface area contributed by atoms with Gasteiger partial charge in [0.2, 0.25) is 0 Å². The number of methoxy groups -OCH3 is 1. The van der Waals surface area contributed by atoms with Crippen LogP contribution in [0.2, 0.25) is 0 Å². The summed E-state index contributed by atoms with van der Waals surface area (Å²) < 4.78 is 61.8. The van der Waals surface area contributed by atoms with Crippen molar-refractivity contribution in [3.8, 4) is 5.75 Å². The lowest BCUT2D eigenvalue weighted by atomic mass is 9.92. The number of rotatable bonds is 7. The standard InChI is InChI=1S/C23H24N2O5S2/c1-30-23-12-5-4-11-22(23)25-32(28,29)20-10-6-9-19(16-20)24-31(26,27)21-14-13-17-7-2-3-8-18(17)15-21/h4-6,9-16,24-25H,2-3,7-8H2,1H3. The zero-order chi connectivity index (χ0) is 22.8. The number of hydrogen-bond donors (Lipinski definition) is 2. The van der Waals surface area contributed by atoms with E-state index < -0.39 is 20.0 Å². The molecule has 0 atom stereocenters. The molecule has 0 saturated carbocycles. The Balaban J connectivity index is 1.59. The molecule has 2 N–H and O–H groups in total. The zero-order valence-electron chi connectivity index (χ0n) is 17.5. The van der Waals surface area contributed by atoms with Crippen LogP contribution in [0.5, 0.6) is 5.75 Å². The number of ether oxygens (including phenoxy) is 1. The summed E-state index contributed by atoms with van der Waals surface area (Å²) in [7, 11) is -6.38. The van der Waals surface area contributed by atoms with Crippen LogP contribution in [0, 0.1) is 0 Å². The molecule has 0 radical (unpaired) electrons. The van der Waals surface area contributed by atoms with Gasteiger partial charge < -0.3 is 4.74 Å². The highest BCUT2D eigenvalue weighted by atomic mass is 32.2. The third-order valence-corrected chi connectivity index (χ3v) is 8.12. The highest BCUT2D eigenvalue weighted by Gasteiger charge is 2.20. The van der Waals surface area contributed by atoms with Crippen molar-refractivity contribution in [3.05, 3.63) is 77.9 Å². The van der Waals surface area contributed by atoms with Gasteiger partial charge in [-0.2, -0.15) is 0 Å². The number of fused-ring (bicyclic) bond motifs is 1. The van der Waals surface area contributed by atoms with Crippen molar-refractivity contribution in [1.82, 2.24) is 0 Å². The van der Waals surface area contributed by atoms with Gasteiger partial charge in [-0.05, 0) is 79.3 Å². The second kappa shape index (κ2) is 8.84. The van der Waals surface area contributed by atoms with Crippen molar-refractivity contribution >= 4 is 31.4 Å². The molecule has 0 saturated heterocycles. The van der Waals surface area contributed by atoms with Gasteiger partial charge in [-0.1, -0.05) is 24.3 Å². The summed E-state index contributed by atoms with van der Waals surface area (Å²) in [5, 5.41) is 0. The van der Waals surface area contributed by atoms with Crippen LogP contribution in [0.1, 0.15) is 24.0 Å². The van der Waals surface area contributed by atoms with Gasteiger partial charge in [0.1, 0.15) is 5.75 Å². The Morgan fingerprint density at radius 1 is 0.719 bits per heavy atom. The van der Waals surface area contributed by atoms with Crippen molar-refractivity contribution in [1.29, 1.82) is 0 Å². The van der Waals surface area contributed by atoms with Crippen LogP contribution < -0.4 is 14.2 Å². The summed E-state index contributed by atoms with van der Waals surface area (Å²) in [6.07, 6.45) is 3.98. The van der Waals surface area contributed by atoms with Crippen molar-refractivity contribution in [2.45, 2.75) is 35.5 Å². The first-order valence-corrected chi connectivity index (χ1v) is 13.2. The van der Waals surface area contributed by atoms with Gasteiger partial charge in [0.25, 0.3) is 20.0 Å². The van der Waals surface area contributed by atoms with E-state index >= 15 is 0 Å². The Labute approximate surface area is 188 Å². The number of anilines is 2. The monoisotopic (exact) mass is 472 g/mol. The van der Waals surface area contributed by atoms with Gasteiger partial charge in [0, 0.05) is 0 Å². The summed E-state index contributed by atoms with van der Waals surface area (Å²) in [6, 6.07) is 17.5. The molecule has 0 bridgehead atoms. The van der Waals surface area contributed by atoms with E-state index in [2.05, 4.69) is 9.44 Å². The molecule has 0 aliphatic heterocycles. The van der Waals surface area contributed by atoms with E-state index in [1.165, 1.54) is 36.9 Å². The van der Waals surface area contributed by atoms with Gasteiger partial charge in [-0.3, -0.25) is 9.44 Å². The van der Waals surface area contributed by atoms with Gasteiger partial charge in [0.05, 0.1) is 28.3 Å². The molecule has 0 spiro atoms. The molecule has 7 nitrogen and oxygen atoms in total. The van der Waals surface area contributed by atoms with E-state index in [4.69, 9.17) is 4.74 Å². The first-order valence-electron chi connectivity index (χ1n) is 10.2. The fraction of sp³-hybridized carbons (Fsp3) is 0.217. The van der Waals surface area contributed by atoms with E-state index in [0.29, 0.717) is 5.75 Å². The van der Waals surface area contributed by atoms with Crippen molar-refractivity contribution in [2.24, 2.45) is 0 Å². The second-order valence-electron chi connectivity index (χ2n) is 7.58. The zero-order valence-corrected chi connectivity index (χ0v) is 19.2. The quantitative estimate of drug-likeness (QED) is 0.537. The van der Waals surface area contributed by atoms with E-state index in [9.17, 15) is 16.8 Å².